The van der Waals surface area contributed by atoms with Gasteiger partial charge in [0.1, 0.15) is 0 Å². The van der Waals surface area contributed by atoms with Gasteiger partial charge in [-0.05, 0) is 48.9 Å². The monoisotopic (exact) mass is 246 g/mol. The molecule has 2 N–H and O–H groups in total. The van der Waals surface area contributed by atoms with Gasteiger partial charge in [-0.2, -0.15) is 0 Å². The topological polar surface area (TPSA) is 29.3 Å². The van der Waals surface area contributed by atoms with Crippen LogP contribution in [0.4, 0.5) is 0 Å². The van der Waals surface area contributed by atoms with Crippen LogP contribution in [0.15, 0.2) is 24.3 Å². The van der Waals surface area contributed by atoms with E-state index in [1.54, 1.807) is 0 Å². The maximum Gasteiger partial charge on any atom is 0.0233 e. The number of hydrogen-bond donors (Lipinski definition) is 1. The molecule has 1 heterocycles. The number of likely N-dealkylation sites (tertiary alicyclic amines) is 1. The molecule has 2 nitrogen and oxygen atoms in total. The molecule has 1 aliphatic heterocycles. The lowest BCUT2D eigenvalue weighted by atomic mass is 9.95. The van der Waals surface area contributed by atoms with Crippen LogP contribution in [-0.4, -0.2) is 24.5 Å². The van der Waals surface area contributed by atoms with Crippen molar-refractivity contribution in [1.82, 2.24) is 4.90 Å². The molecule has 0 amide bonds. The predicted octanol–water partition coefficient (Wildman–Crippen LogP) is 2.67. The molecule has 1 atom stereocenters. The fraction of sp³-hybridized carbons (Fsp3) is 0.625. The van der Waals surface area contributed by atoms with Crippen molar-refractivity contribution in [3.05, 3.63) is 35.4 Å². The second-order valence-electron chi connectivity index (χ2n) is 5.88. The van der Waals surface area contributed by atoms with Gasteiger partial charge in [0.25, 0.3) is 0 Å². The Morgan fingerprint density at radius 3 is 2.44 bits per heavy atom. The second-order valence-corrected chi connectivity index (χ2v) is 5.88. The molecule has 0 spiro atoms. The first-order valence-electron chi connectivity index (χ1n) is 7.19. The van der Waals surface area contributed by atoms with E-state index in [1.807, 2.05) is 0 Å². The van der Waals surface area contributed by atoms with Crippen molar-refractivity contribution < 1.29 is 0 Å². The molecule has 2 heteroatoms. The Bertz CT molecular complexity index is 356. The molecule has 18 heavy (non-hydrogen) atoms. The highest BCUT2D eigenvalue weighted by Crippen LogP contribution is 2.24. The zero-order valence-corrected chi connectivity index (χ0v) is 11.7. The average molecular weight is 246 g/mol. The molecule has 2 rings (SSSR count). The van der Waals surface area contributed by atoms with Gasteiger partial charge in [0.2, 0.25) is 0 Å². The average Bonchev–Trinajstić information content (AvgIpc) is 2.81. The minimum atomic E-state index is 0.738. The molecule has 1 saturated heterocycles. The summed E-state index contributed by atoms with van der Waals surface area (Å²) in [6.45, 7) is 9.05. The normalized spacial score (nSPS) is 20.8. The molecule has 0 bridgehead atoms. The van der Waals surface area contributed by atoms with Gasteiger partial charge in [0, 0.05) is 13.1 Å². The zero-order valence-electron chi connectivity index (χ0n) is 11.7. The smallest absolute Gasteiger partial charge is 0.0233 e. The van der Waals surface area contributed by atoms with Crippen molar-refractivity contribution in [3.8, 4) is 0 Å². The van der Waals surface area contributed by atoms with Gasteiger partial charge in [-0.3, -0.25) is 4.90 Å². The Kier molecular flexibility index (Phi) is 4.79. The summed E-state index contributed by atoms with van der Waals surface area (Å²) < 4.78 is 0. The number of rotatable bonds is 5. The molecule has 100 valence electrons. The largest absolute Gasteiger partial charge is 0.330 e. The lowest BCUT2D eigenvalue weighted by Crippen LogP contribution is -2.21. The standard InChI is InChI=1S/C16H26N2/c1-13(2)16-8-10-18(12-16)11-15-5-3-14(4-6-15)7-9-17/h3-6,13,16H,7-12,17H2,1-2H3. The zero-order chi connectivity index (χ0) is 13.0. The minimum Gasteiger partial charge on any atom is -0.330 e. The van der Waals surface area contributed by atoms with Crippen molar-refractivity contribution in [2.24, 2.45) is 17.6 Å². The molecular weight excluding hydrogens is 220 g/mol. The van der Waals surface area contributed by atoms with Crippen LogP contribution in [0.1, 0.15) is 31.4 Å². The van der Waals surface area contributed by atoms with Crippen LogP contribution in [0.3, 0.4) is 0 Å². The Labute approximate surface area is 111 Å². The van der Waals surface area contributed by atoms with Crippen LogP contribution in [0.2, 0.25) is 0 Å². The van der Waals surface area contributed by atoms with Crippen LogP contribution in [0, 0.1) is 11.8 Å². The summed E-state index contributed by atoms with van der Waals surface area (Å²) in [6, 6.07) is 8.96. The van der Waals surface area contributed by atoms with E-state index < -0.39 is 0 Å². The molecule has 0 aliphatic carbocycles. The van der Waals surface area contributed by atoms with Gasteiger partial charge in [0.15, 0.2) is 0 Å². The number of hydrogen-bond acceptors (Lipinski definition) is 2. The summed E-state index contributed by atoms with van der Waals surface area (Å²) in [7, 11) is 0. The molecule has 1 fully saturated rings. The van der Waals surface area contributed by atoms with Crippen molar-refractivity contribution in [2.75, 3.05) is 19.6 Å². The molecule has 1 aliphatic rings. The molecule has 1 aromatic carbocycles. The molecule has 1 unspecified atom stereocenters. The number of nitrogens with two attached hydrogens (primary N) is 1. The van der Waals surface area contributed by atoms with E-state index in [2.05, 4.69) is 43.0 Å². The van der Waals surface area contributed by atoms with E-state index in [-0.39, 0.29) is 0 Å². The van der Waals surface area contributed by atoms with E-state index in [0.717, 1.165) is 31.3 Å². The summed E-state index contributed by atoms with van der Waals surface area (Å²) in [5, 5.41) is 0. The van der Waals surface area contributed by atoms with E-state index in [4.69, 9.17) is 5.73 Å². The van der Waals surface area contributed by atoms with E-state index >= 15 is 0 Å². The SMILES string of the molecule is CC(C)C1CCN(Cc2ccc(CCN)cc2)C1. The summed E-state index contributed by atoms with van der Waals surface area (Å²) in [4.78, 5) is 2.59. The van der Waals surface area contributed by atoms with Gasteiger partial charge in [0.05, 0.1) is 0 Å². The first-order chi connectivity index (χ1) is 8.69. The van der Waals surface area contributed by atoms with Gasteiger partial charge in [-0.15, -0.1) is 0 Å². The number of nitrogens with zero attached hydrogens (tertiary/aromatic N) is 1. The van der Waals surface area contributed by atoms with Crippen LogP contribution >= 0.6 is 0 Å². The van der Waals surface area contributed by atoms with Gasteiger partial charge in [-0.25, -0.2) is 0 Å². The lowest BCUT2D eigenvalue weighted by molar-refractivity contribution is 0.297. The summed E-state index contributed by atoms with van der Waals surface area (Å²) in [5.74, 6) is 1.71. The van der Waals surface area contributed by atoms with Crippen molar-refractivity contribution >= 4 is 0 Å². The van der Waals surface area contributed by atoms with Crippen LogP contribution < -0.4 is 5.73 Å². The third-order valence-electron chi connectivity index (χ3n) is 4.11. The number of benzene rings is 1. The van der Waals surface area contributed by atoms with E-state index in [0.29, 0.717) is 0 Å². The predicted molar refractivity (Wildman–Crippen MR) is 77.4 cm³/mol. The molecule has 1 aromatic rings. The Morgan fingerprint density at radius 2 is 1.89 bits per heavy atom. The molecule has 0 radical (unpaired) electrons. The van der Waals surface area contributed by atoms with E-state index in [1.165, 1.54) is 30.6 Å². The van der Waals surface area contributed by atoms with Gasteiger partial charge >= 0.3 is 0 Å². The van der Waals surface area contributed by atoms with Crippen LogP contribution in [0.5, 0.6) is 0 Å². The highest BCUT2D eigenvalue weighted by atomic mass is 15.1. The fourth-order valence-electron chi connectivity index (χ4n) is 2.79. The Balaban J connectivity index is 1.86. The second kappa shape index (κ2) is 6.35. The highest BCUT2D eigenvalue weighted by Gasteiger charge is 2.24. The first-order valence-corrected chi connectivity index (χ1v) is 7.19. The highest BCUT2D eigenvalue weighted by molar-refractivity contribution is 5.22. The summed E-state index contributed by atoms with van der Waals surface area (Å²) in [5.41, 5.74) is 8.35. The van der Waals surface area contributed by atoms with Crippen molar-refractivity contribution in [2.45, 2.75) is 33.2 Å². The third kappa shape index (κ3) is 3.56. The molecule has 0 aromatic heterocycles. The van der Waals surface area contributed by atoms with Crippen molar-refractivity contribution in [1.29, 1.82) is 0 Å². The van der Waals surface area contributed by atoms with Gasteiger partial charge < -0.3 is 5.73 Å². The molecule has 0 saturated carbocycles. The first kappa shape index (κ1) is 13.6. The Morgan fingerprint density at radius 1 is 1.22 bits per heavy atom. The summed E-state index contributed by atoms with van der Waals surface area (Å²) in [6.07, 6.45) is 2.35. The quantitative estimate of drug-likeness (QED) is 0.865. The molecular formula is C16H26N2. The van der Waals surface area contributed by atoms with Gasteiger partial charge in [-0.1, -0.05) is 38.1 Å². The van der Waals surface area contributed by atoms with Crippen LogP contribution in [-0.2, 0) is 13.0 Å². The maximum atomic E-state index is 5.57. The fourth-order valence-corrected chi connectivity index (χ4v) is 2.79. The van der Waals surface area contributed by atoms with E-state index in [9.17, 15) is 0 Å². The van der Waals surface area contributed by atoms with Crippen molar-refractivity contribution in [3.63, 3.8) is 0 Å². The third-order valence-corrected chi connectivity index (χ3v) is 4.11. The maximum absolute atomic E-state index is 5.57. The van der Waals surface area contributed by atoms with Crippen LogP contribution in [0.25, 0.3) is 0 Å². The minimum absolute atomic E-state index is 0.738. The summed E-state index contributed by atoms with van der Waals surface area (Å²) >= 11 is 0. The lowest BCUT2D eigenvalue weighted by Gasteiger charge is -2.18. The Hall–Kier alpha value is -0.860.